The number of quaternary nitrogens is 1. The topological polar surface area (TPSA) is 0 Å². The maximum atomic E-state index is 2.42. The molecule has 1 heterocycles. The largest absolute Gasteiger partial charge is 0.323 e. The third-order valence-corrected chi connectivity index (χ3v) is 3.32. The number of hydrogen-bond donors (Lipinski definition) is 0. The first-order valence-electron chi connectivity index (χ1n) is 5.28. The van der Waals surface area contributed by atoms with Crippen LogP contribution in [0, 0.1) is 11.8 Å². The number of hydrogen-bond acceptors (Lipinski definition) is 0. The Labute approximate surface area is 77.4 Å². The van der Waals surface area contributed by atoms with Crippen LogP contribution in [0.5, 0.6) is 0 Å². The van der Waals surface area contributed by atoms with Crippen LogP contribution in [0.15, 0.2) is 0 Å². The molecule has 0 aromatic heterocycles. The molecule has 1 nitrogen and oxygen atoms in total. The summed E-state index contributed by atoms with van der Waals surface area (Å²) in [5, 5.41) is 0. The van der Waals surface area contributed by atoms with Crippen LogP contribution < -0.4 is 0 Å². The van der Waals surface area contributed by atoms with Crippen molar-refractivity contribution in [2.75, 3.05) is 20.1 Å². The molecule has 0 amide bonds. The first-order valence-corrected chi connectivity index (χ1v) is 5.28. The molecule has 12 heavy (non-hydrogen) atoms. The molecule has 0 bridgehead atoms. The molecule has 0 saturated carbocycles. The molecule has 3 atom stereocenters. The fourth-order valence-electron chi connectivity index (χ4n) is 2.89. The van der Waals surface area contributed by atoms with Crippen LogP contribution in [-0.4, -0.2) is 30.7 Å². The Morgan fingerprint density at radius 2 is 1.92 bits per heavy atom. The van der Waals surface area contributed by atoms with Gasteiger partial charge in [0.15, 0.2) is 0 Å². The van der Waals surface area contributed by atoms with Crippen molar-refractivity contribution >= 4 is 0 Å². The van der Waals surface area contributed by atoms with E-state index in [4.69, 9.17) is 0 Å². The minimum atomic E-state index is 0.836. The van der Waals surface area contributed by atoms with Gasteiger partial charge >= 0.3 is 0 Å². The quantitative estimate of drug-likeness (QED) is 0.559. The van der Waals surface area contributed by atoms with Gasteiger partial charge in [0.05, 0.1) is 26.2 Å². The Morgan fingerprint density at radius 3 is 2.25 bits per heavy atom. The Morgan fingerprint density at radius 1 is 1.33 bits per heavy atom. The third kappa shape index (κ3) is 2.01. The molecule has 1 rings (SSSR count). The summed E-state index contributed by atoms with van der Waals surface area (Å²) >= 11 is 0. The van der Waals surface area contributed by atoms with Crippen LogP contribution in [0.1, 0.15) is 34.1 Å². The smallest absolute Gasteiger partial charge is 0.0864 e. The van der Waals surface area contributed by atoms with Gasteiger partial charge in [-0.25, -0.2) is 0 Å². The van der Waals surface area contributed by atoms with E-state index in [1.54, 1.807) is 0 Å². The van der Waals surface area contributed by atoms with Gasteiger partial charge in [0, 0.05) is 18.3 Å². The Kier molecular flexibility index (Phi) is 2.82. The molecule has 1 saturated heterocycles. The summed E-state index contributed by atoms with van der Waals surface area (Å²) in [5.41, 5.74) is 0. The first kappa shape index (κ1) is 10.0. The van der Waals surface area contributed by atoms with Crippen LogP contribution in [-0.2, 0) is 0 Å². The van der Waals surface area contributed by atoms with E-state index in [0.29, 0.717) is 0 Å². The molecule has 72 valence electrons. The lowest BCUT2D eigenvalue weighted by atomic mass is 10.1. The van der Waals surface area contributed by atoms with Crippen LogP contribution in [0.4, 0.5) is 0 Å². The monoisotopic (exact) mass is 170 g/mol. The molecule has 0 radical (unpaired) electrons. The molecule has 0 aromatic rings. The van der Waals surface area contributed by atoms with Crippen molar-refractivity contribution in [3.05, 3.63) is 0 Å². The average molecular weight is 170 g/mol. The first-order chi connectivity index (χ1) is 5.44. The van der Waals surface area contributed by atoms with Crippen LogP contribution in [0.2, 0.25) is 0 Å². The maximum absolute atomic E-state index is 2.42. The summed E-state index contributed by atoms with van der Waals surface area (Å²) in [6, 6.07) is 0.877. The number of rotatable bonds is 2. The van der Waals surface area contributed by atoms with Crippen molar-refractivity contribution in [2.24, 2.45) is 11.8 Å². The highest BCUT2D eigenvalue weighted by Gasteiger charge is 2.38. The summed E-state index contributed by atoms with van der Waals surface area (Å²) in [4.78, 5) is 0. The van der Waals surface area contributed by atoms with Crippen LogP contribution in [0.3, 0.4) is 0 Å². The van der Waals surface area contributed by atoms with Gasteiger partial charge in [-0.1, -0.05) is 20.8 Å². The summed E-state index contributed by atoms with van der Waals surface area (Å²) in [7, 11) is 2.42. The molecule has 0 aromatic carbocycles. The summed E-state index contributed by atoms with van der Waals surface area (Å²) in [5.74, 6) is 1.77. The van der Waals surface area contributed by atoms with Crippen molar-refractivity contribution < 1.29 is 4.48 Å². The molecule has 1 aliphatic heterocycles. The standard InChI is InChI=1S/C11H24N/c1-9(2)7-12(5)8-10(3)6-11(12)4/h9-11H,6-8H2,1-5H3/q+1/t10?,11-,12?/m1/s1. The van der Waals surface area contributed by atoms with Gasteiger partial charge in [0.1, 0.15) is 0 Å². The van der Waals surface area contributed by atoms with E-state index in [-0.39, 0.29) is 0 Å². The van der Waals surface area contributed by atoms with Gasteiger partial charge in [-0.2, -0.15) is 0 Å². The highest BCUT2D eigenvalue weighted by atomic mass is 15.4. The van der Waals surface area contributed by atoms with E-state index in [9.17, 15) is 0 Å². The van der Waals surface area contributed by atoms with Crippen LogP contribution in [0.25, 0.3) is 0 Å². The highest BCUT2D eigenvalue weighted by molar-refractivity contribution is 4.68. The normalized spacial score (nSPS) is 42.5. The van der Waals surface area contributed by atoms with Crippen molar-refractivity contribution in [2.45, 2.75) is 40.2 Å². The van der Waals surface area contributed by atoms with E-state index < -0.39 is 0 Å². The van der Waals surface area contributed by atoms with Crippen LogP contribution >= 0.6 is 0 Å². The van der Waals surface area contributed by atoms with E-state index in [1.165, 1.54) is 24.0 Å². The summed E-state index contributed by atoms with van der Waals surface area (Å²) in [6.07, 6.45) is 1.42. The fraction of sp³-hybridized carbons (Fsp3) is 1.00. The van der Waals surface area contributed by atoms with Gasteiger partial charge < -0.3 is 4.48 Å². The average Bonchev–Trinajstić information content (AvgIpc) is 2.04. The van der Waals surface area contributed by atoms with Gasteiger partial charge in [0.25, 0.3) is 0 Å². The second kappa shape index (κ2) is 3.37. The van der Waals surface area contributed by atoms with Crippen molar-refractivity contribution in [3.63, 3.8) is 0 Å². The van der Waals surface area contributed by atoms with Crippen molar-refractivity contribution in [3.8, 4) is 0 Å². The van der Waals surface area contributed by atoms with Gasteiger partial charge in [0.2, 0.25) is 0 Å². The Balaban J connectivity index is 2.58. The Bertz CT molecular complexity index is 153. The lowest BCUT2D eigenvalue weighted by molar-refractivity contribution is -0.923. The molecular weight excluding hydrogens is 146 g/mol. The van der Waals surface area contributed by atoms with Gasteiger partial charge in [-0.05, 0) is 6.92 Å². The fourth-order valence-corrected chi connectivity index (χ4v) is 2.89. The summed E-state index contributed by atoms with van der Waals surface area (Å²) in [6.45, 7) is 12.2. The van der Waals surface area contributed by atoms with E-state index in [1.807, 2.05) is 0 Å². The zero-order valence-electron chi connectivity index (χ0n) is 9.30. The Hall–Kier alpha value is -0.0400. The predicted octanol–water partition coefficient (Wildman–Crippen LogP) is 2.52. The minimum Gasteiger partial charge on any atom is -0.323 e. The highest BCUT2D eigenvalue weighted by Crippen LogP contribution is 2.29. The third-order valence-electron chi connectivity index (χ3n) is 3.32. The molecule has 0 spiro atoms. The van der Waals surface area contributed by atoms with E-state index in [2.05, 4.69) is 34.7 Å². The SMILES string of the molecule is CC(C)C[N+]1(C)CC(C)C[C@H]1C. The summed E-state index contributed by atoms with van der Waals surface area (Å²) < 4.78 is 1.30. The molecule has 0 N–H and O–H groups in total. The maximum Gasteiger partial charge on any atom is 0.0864 e. The minimum absolute atomic E-state index is 0.836. The van der Waals surface area contributed by atoms with Gasteiger partial charge in [-0.15, -0.1) is 0 Å². The molecule has 0 aliphatic carbocycles. The molecule has 2 unspecified atom stereocenters. The molecule has 1 fully saturated rings. The van der Waals surface area contributed by atoms with Gasteiger partial charge in [-0.3, -0.25) is 0 Å². The zero-order valence-corrected chi connectivity index (χ0v) is 9.30. The lowest BCUT2D eigenvalue weighted by Crippen LogP contribution is -2.49. The number of likely N-dealkylation sites (tertiary alicyclic amines) is 1. The van der Waals surface area contributed by atoms with Crippen molar-refractivity contribution in [1.82, 2.24) is 0 Å². The molecule has 1 heteroatoms. The lowest BCUT2D eigenvalue weighted by Gasteiger charge is -2.36. The van der Waals surface area contributed by atoms with E-state index in [0.717, 1.165) is 17.9 Å². The predicted molar refractivity (Wildman–Crippen MR) is 54.0 cm³/mol. The number of nitrogens with zero attached hydrogens (tertiary/aromatic N) is 1. The van der Waals surface area contributed by atoms with E-state index >= 15 is 0 Å². The molecule has 1 aliphatic rings. The van der Waals surface area contributed by atoms with Crippen molar-refractivity contribution in [1.29, 1.82) is 0 Å². The zero-order chi connectivity index (χ0) is 9.35. The second-order valence-electron chi connectivity index (χ2n) is 5.43. The molecular formula is C11H24N+. The second-order valence-corrected chi connectivity index (χ2v) is 5.43.